The molecule has 1 aromatic carbocycles. The average molecular weight is 294 g/mol. The minimum atomic E-state index is 0.107. The van der Waals surface area contributed by atoms with Crippen molar-refractivity contribution < 1.29 is 0 Å². The molecule has 1 aliphatic carbocycles. The Labute approximate surface area is 136 Å². The summed E-state index contributed by atoms with van der Waals surface area (Å²) in [5.74, 6) is 0. The van der Waals surface area contributed by atoms with Crippen LogP contribution in [0.1, 0.15) is 59.9 Å². The number of hydrogen-bond donors (Lipinski definition) is 0. The molecule has 0 aromatic heterocycles. The molecule has 1 aromatic rings. The van der Waals surface area contributed by atoms with Crippen LogP contribution in [0.25, 0.3) is 5.57 Å². The lowest BCUT2D eigenvalue weighted by Crippen LogP contribution is -2.20. The van der Waals surface area contributed by atoms with Gasteiger partial charge in [-0.2, -0.15) is 0 Å². The van der Waals surface area contributed by atoms with Crippen molar-refractivity contribution in [3.8, 4) is 0 Å². The van der Waals surface area contributed by atoms with E-state index >= 15 is 0 Å². The molecule has 0 atom stereocenters. The highest BCUT2D eigenvalue weighted by Crippen LogP contribution is 2.46. The van der Waals surface area contributed by atoms with Gasteiger partial charge in [0.1, 0.15) is 0 Å². The summed E-state index contributed by atoms with van der Waals surface area (Å²) in [6, 6.07) is 10.9. The number of rotatable bonds is 2. The third kappa shape index (κ3) is 3.80. The van der Waals surface area contributed by atoms with Crippen molar-refractivity contribution in [3.05, 3.63) is 65.3 Å². The zero-order valence-electron chi connectivity index (χ0n) is 15.0. The van der Waals surface area contributed by atoms with E-state index in [0.29, 0.717) is 0 Å². The lowest BCUT2D eigenvalue weighted by atomic mass is 9.69. The van der Waals surface area contributed by atoms with Crippen LogP contribution < -0.4 is 0 Å². The monoisotopic (exact) mass is 294 g/mol. The summed E-state index contributed by atoms with van der Waals surface area (Å²) in [4.78, 5) is 0. The molecular weight excluding hydrogens is 264 g/mol. The maximum Gasteiger partial charge on any atom is -0.0123 e. The van der Waals surface area contributed by atoms with Gasteiger partial charge >= 0.3 is 0 Å². The van der Waals surface area contributed by atoms with Gasteiger partial charge in [-0.15, -0.1) is 0 Å². The van der Waals surface area contributed by atoms with Crippen LogP contribution in [0.2, 0.25) is 0 Å². The van der Waals surface area contributed by atoms with Crippen LogP contribution in [0.5, 0.6) is 0 Å². The van der Waals surface area contributed by atoms with Gasteiger partial charge in [0.2, 0.25) is 0 Å². The molecule has 0 saturated carbocycles. The predicted molar refractivity (Wildman–Crippen MR) is 98.7 cm³/mol. The van der Waals surface area contributed by atoms with Crippen LogP contribution in [0.15, 0.2) is 59.7 Å². The predicted octanol–water partition coefficient (Wildman–Crippen LogP) is 6.81. The SMILES string of the molecule is CC(C)(C)/C(C1=CCCC=C1)=C(\c1ccccc1)C(C)(C)C. The van der Waals surface area contributed by atoms with Gasteiger partial charge in [0.05, 0.1) is 0 Å². The molecule has 0 heterocycles. The van der Waals surface area contributed by atoms with E-state index in [0.717, 1.165) is 12.8 Å². The van der Waals surface area contributed by atoms with E-state index in [1.807, 2.05) is 0 Å². The summed E-state index contributed by atoms with van der Waals surface area (Å²) in [6.07, 6.45) is 9.36. The van der Waals surface area contributed by atoms with Crippen LogP contribution in [-0.4, -0.2) is 0 Å². The summed E-state index contributed by atoms with van der Waals surface area (Å²) in [6.45, 7) is 14.0. The molecule has 0 heteroatoms. The minimum Gasteiger partial charge on any atom is -0.0836 e. The fraction of sp³-hybridized carbons (Fsp3) is 0.455. The van der Waals surface area contributed by atoms with E-state index in [1.165, 1.54) is 22.3 Å². The van der Waals surface area contributed by atoms with Crippen molar-refractivity contribution in [1.29, 1.82) is 0 Å². The van der Waals surface area contributed by atoms with Gasteiger partial charge in [0.25, 0.3) is 0 Å². The lowest BCUT2D eigenvalue weighted by molar-refractivity contribution is 0.490. The minimum absolute atomic E-state index is 0.107. The molecule has 1 aliphatic rings. The molecular formula is C22H30. The summed E-state index contributed by atoms with van der Waals surface area (Å²) >= 11 is 0. The van der Waals surface area contributed by atoms with Gasteiger partial charge in [-0.05, 0) is 46.0 Å². The van der Waals surface area contributed by atoms with Gasteiger partial charge in [0.15, 0.2) is 0 Å². The molecule has 118 valence electrons. The maximum absolute atomic E-state index is 2.41. The van der Waals surface area contributed by atoms with Crippen LogP contribution in [0.3, 0.4) is 0 Å². The topological polar surface area (TPSA) is 0 Å². The van der Waals surface area contributed by atoms with E-state index in [-0.39, 0.29) is 10.8 Å². The highest BCUT2D eigenvalue weighted by molar-refractivity contribution is 5.78. The summed E-state index contributed by atoms with van der Waals surface area (Å²) in [7, 11) is 0. The standard InChI is InChI=1S/C22H30/c1-21(2,3)19(17-13-9-7-10-14-17)20(22(4,5)6)18-15-11-8-12-16-18/h7,9-11,13-16H,8,12H2,1-6H3/b20-19+. The molecule has 0 fully saturated rings. The van der Waals surface area contributed by atoms with Gasteiger partial charge in [0, 0.05) is 0 Å². The Kier molecular flexibility index (Phi) is 4.80. The van der Waals surface area contributed by atoms with Crippen molar-refractivity contribution in [3.63, 3.8) is 0 Å². The van der Waals surface area contributed by atoms with E-state index in [4.69, 9.17) is 0 Å². The molecule has 0 bridgehead atoms. The second-order valence-corrected chi connectivity index (χ2v) is 8.26. The Balaban J connectivity index is 2.77. The van der Waals surface area contributed by atoms with Crippen LogP contribution in [0, 0.1) is 10.8 Å². The Hall–Kier alpha value is -1.56. The molecule has 0 spiro atoms. The summed E-state index contributed by atoms with van der Waals surface area (Å²) in [5.41, 5.74) is 5.94. The largest absolute Gasteiger partial charge is 0.0836 e. The van der Waals surface area contributed by atoms with Crippen molar-refractivity contribution in [2.45, 2.75) is 54.4 Å². The highest BCUT2D eigenvalue weighted by atomic mass is 14.3. The summed E-state index contributed by atoms with van der Waals surface area (Å²) < 4.78 is 0. The zero-order chi connectivity index (χ0) is 16.4. The molecule has 0 nitrogen and oxygen atoms in total. The van der Waals surface area contributed by atoms with E-state index in [2.05, 4.69) is 90.1 Å². The molecule has 0 unspecified atom stereocenters. The van der Waals surface area contributed by atoms with E-state index in [1.54, 1.807) is 0 Å². The number of hydrogen-bond acceptors (Lipinski definition) is 0. The first-order valence-electron chi connectivity index (χ1n) is 8.39. The lowest BCUT2D eigenvalue weighted by Gasteiger charge is -2.35. The Bertz CT molecular complexity index is 596. The van der Waals surface area contributed by atoms with Crippen molar-refractivity contribution in [2.75, 3.05) is 0 Å². The molecule has 0 N–H and O–H groups in total. The fourth-order valence-electron chi connectivity index (χ4n) is 3.31. The van der Waals surface area contributed by atoms with Crippen molar-refractivity contribution in [1.82, 2.24) is 0 Å². The smallest absolute Gasteiger partial charge is 0.0123 e. The molecule has 22 heavy (non-hydrogen) atoms. The van der Waals surface area contributed by atoms with E-state index < -0.39 is 0 Å². The normalized spacial score (nSPS) is 17.1. The van der Waals surface area contributed by atoms with Gasteiger partial charge in [-0.3, -0.25) is 0 Å². The number of benzene rings is 1. The zero-order valence-corrected chi connectivity index (χ0v) is 15.0. The molecule has 0 saturated heterocycles. The van der Waals surface area contributed by atoms with Crippen LogP contribution in [0.4, 0.5) is 0 Å². The van der Waals surface area contributed by atoms with Crippen molar-refractivity contribution >= 4 is 5.57 Å². The Morgan fingerprint density at radius 1 is 0.773 bits per heavy atom. The first-order valence-corrected chi connectivity index (χ1v) is 8.39. The maximum atomic E-state index is 2.41. The second-order valence-electron chi connectivity index (χ2n) is 8.26. The van der Waals surface area contributed by atoms with Crippen LogP contribution in [-0.2, 0) is 0 Å². The first kappa shape index (κ1) is 16.8. The Morgan fingerprint density at radius 2 is 1.36 bits per heavy atom. The average Bonchev–Trinajstić information content (AvgIpc) is 2.44. The van der Waals surface area contributed by atoms with Gasteiger partial charge in [-0.25, -0.2) is 0 Å². The molecule has 0 radical (unpaired) electrons. The molecule has 0 aliphatic heterocycles. The number of allylic oxidation sites excluding steroid dienone is 6. The van der Waals surface area contributed by atoms with Crippen molar-refractivity contribution in [2.24, 2.45) is 10.8 Å². The quantitative estimate of drug-likeness (QED) is 0.562. The highest BCUT2D eigenvalue weighted by Gasteiger charge is 2.30. The van der Waals surface area contributed by atoms with Crippen LogP contribution >= 0.6 is 0 Å². The summed E-state index contributed by atoms with van der Waals surface area (Å²) in [5, 5.41) is 0. The Morgan fingerprint density at radius 3 is 1.82 bits per heavy atom. The third-order valence-electron chi connectivity index (χ3n) is 4.10. The van der Waals surface area contributed by atoms with Gasteiger partial charge < -0.3 is 0 Å². The van der Waals surface area contributed by atoms with Gasteiger partial charge in [-0.1, -0.05) is 90.1 Å². The second kappa shape index (κ2) is 6.28. The third-order valence-corrected chi connectivity index (χ3v) is 4.10. The first-order chi connectivity index (χ1) is 10.2. The van der Waals surface area contributed by atoms with E-state index in [9.17, 15) is 0 Å². The fourth-order valence-corrected chi connectivity index (χ4v) is 3.31. The molecule has 2 rings (SSSR count). The molecule has 0 amide bonds.